The Hall–Kier alpha value is -2.10. The van der Waals surface area contributed by atoms with Crippen LogP contribution in [0.15, 0.2) is 46.8 Å². The van der Waals surface area contributed by atoms with Crippen LogP contribution in [0.1, 0.15) is 65.2 Å². The molecule has 0 radical (unpaired) electrons. The number of carbonyl (C=O) groups excluding carboxylic acids is 2. The summed E-state index contributed by atoms with van der Waals surface area (Å²) in [5.74, 6) is 0.749. The first-order chi connectivity index (χ1) is 13.6. The Kier molecular flexibility index (Phi) is 3.98. The fraction of sp³-hybridized carbons (Fsp3) is 0.583. The molecule has 28 heavy (non-hydrogen) atoms. The molecule has 4 nitrogen and oxygen atoms in total. The van der Waals surface area contributed by atoms with E-state index >= 15 is 0 Å². The topological polar surface area (TPSA) is 52.6 Å². The predicted octanol–water partition coefficient (Wildman–Crippen LogP) is 4.92. The van der Waals surface area contributed by atoms with Gasteiger partial charge in [0.15, 0.2) is 5.60 Å². The molecule has 0 aromatic heterocycles. The molecule has 4 atom stereocenters. The maximum atomic E-state index is 13.0. The number of rotatable bonds is 4. The van der Waals surface area contributed by atoms with Gasteiger partial charge in [0.1, 0.15) is 11.2 Å². The minimum Gasteiger partial charge on any atom is -0.449 e. The van der Waals surface area contributed by atoms with Gasteiger partial charge in [0.25, 0.3) is 0 Å². The summed E-state index contributed by atoms with van der Waals surface area (Å²) in [5, 5.41) is 0. The molecule has 1 saturated heterocycles. The van der Waals surface area contributed by atoms with E-state index in [0.717, 1.165) is 73.8 Å². The third kappa shape index (κ3) is 1.96. The summed E-state index contributed by atoms with van der Waals surface area (Å²) in [7, 11) is 0. The zero-order valence-electron chi connectivity index (χ0n) is 16.8. The second kappa shape index (κ2) is 6.20. The van der Waals surface area contributed by atoms with E-state index in [9.17, 15) is 9.59 Å². The van der Waals surface area contributed by atoms with Crippen LogP contribution in [0.5, 0.6) is 0 Å². The highest BCUT2D eigenvalue weighted by atomic mass is 16.6. The Balaban J connectivity index is 1.80. The van der Waals surface area contributed by atoms with Crippen molar-refractivity contribution in [3.63, 3.8) is 0 Å². The summed E-state index contributed by atoms with van der Waals surface area (Å²) in [6, 6.07) is 0. The summed E-state index contributed by atoms with van der Waals surface area (Å²) in [6.45, 7) is 4.31. The molecule has 6 rings (SSSR count). The predicted molar refractivity (Wildman–Crippen MR) is 105 cm³/mol. The van der Waals surface area contributed by atoms with Crippen molar-refractivity contribution in [2.24, 2.45) is 17.3 Å². The van der Waals surface area contributed by atoms with Crippen molar-refractivity contribution in [1.29, 1.82) is 0 Å². The number of allylic oxidation sites excluding steroid dienone is 3. The molecule has 2 spiro atoms. The van der Waals surface area contributed by atoms with Crippen molar-refractivity contribution in [3.8, 4) is 0 Å². The van der Waals surface area contributed by atoms with Gasteiger partial charge >= 0.3 is 11.9 Å². The molecule has 2 heterocycles. The summed E-state index contributed by atoms with van der Waals surface area (Å²) in [6.07, 6.45) is 15.7. The molecular weight excluding hydrogens is 352 g/mol. The minimum absolute atomic E-state index is 0.206. The lowest BCUT2D eigenvalue weighted by atomic mass is 9.45. The van der Waals surface area contributed by atoms with E-state index in [2.05, 4.69) is 32.1 Å². The van der Waals surface area contributed by atoms with E-state index in [1.54, 1.807) is 0 Å². The van der Waals surface area contributed by atoms with Gasteiger partial charge in [0.05, 0.1) is 11.1 Å². The number of carbonyl (C=O) groups is 2. The van der Waals surface area contributed by atoms with Gasteiger partial charge in [-0.3, -0.25) is 0 Å². The number of hydrogen-bond acceptors (Lipinski definition) is 4. The highest BCUT2D eigenvalue weighted by Crippen LogP contribution is 2.71. The van der Waals surface area contributed by atoms with Crippen molar-refractivity contribution in [2.45, 2.75) is 70.8 Å². The van der Waals surface area contributed by atoms with Crippen LogP contribution >= 0.6 is 0 Å². The maximum absolute atomic E-state index is 13.0. The van der Waals surface area contributed by atoms with Gasteiger partial charge in [-0.2, -0.15) is 0 Å². The van der Waals surface area contributed by atoms with E-state index in [1.165, 1.54) is 0 Å². The van der Waals surface area contributed by atoms with Crippen molar-refractivity contribution in [3.05, 3.63) is 46.8 Å². The Morgan fingerprint density at radius 2 is 2.07 bits per heavy atom. The second-order valence-corrected chi connectivity index (χ2v) is 8.79. The largest absolute Gasteiger partial charge is 0.449 e. The molecule has 4 aliphatic carbocycles. The van der Waals surface area contributed by atoms with Gasteiger partial charge in [-0.25, -0.2) is 9.59 Å². The van der Waals surface area contributed by atoms with Crippen LogP contribution in [0.25, 0.3) is 0 Å². The van der Waals surface area contributed by atoms with Crippen LogP contribution in [-0.4, -0.2) is 17.5 Å². The Labute approximate surface area is 166 Å². The maximum Gasteiger partial charge on any atom is 0.340 e. The molecule has 4 heteroatoms. The van der Waals surface area contributed by atoms with Gasteiger partial charge in [0.2, 0.25) is 0 Å². The molecule has 0 aromatic rings. The average Bonchev–Trinajstić information content (AvgIpc) is 3.17. The third-order valence-electron chi connectivity index (χ3n) is 7.52. The second-order valence-electron chi connectivity index (χ2n) is 8.79. The zero-order valence-corrected chi connectivity index (χ0v) is 16.8. The monoisotopic (exact) mass is 380 g/mol. The molecular formula is C24H28O4. The fourth-order valence-corrected chi connectivity index (χ4v) is 6.57. The van der Waals surface area contributed by atoms with Crippen molar-refractivity contribution >= 4 is 11.9 Å². The first-order valence-electron chi connectivity index (χ1n) is 10.9. The van der Waals surface area contributed by atoms with Gasteiger partial charge < -0.3 is 9.47 Å². The average molecular weight is 380 g/mol. The van der Waals surface area contributed by atoms with Crippen molar-refractivity contribution < 1.29 is 19.1 Å². The molecule has 2 aliphatic heterocycles. The minimum atomic E-state index is -0.751. The number of fused-ring (bicyclic) bond motifs is 1. The van der Waals surface area contributed by atoms with E-state index in [4.69, 9.17) is 9.47 Å². The Morgan fingerprint density at radius 1 is 1.21 bits per heavy atom. The Morgan fingerprint density at radius 3 is 2.86 bits per heavy atom. The number of unbranched alkanes of at least 4 members (excludes halogenated alkanes) is 1. The number of esters is 2. The molecule has 6 aliphatic rings. The standard InChI is InChI=1S/C24H28O4/c1-3-5-11-20-23-13-12-15(14-19(23)22(26)27-20)17(8-4-2)24(23)18-10-7-6-9-16(18)21(25)28-24/h6,9,11,14-15,17H,3-5,7-8,10,12-13H2,1-2H3/b20-11+/t15-,17-,23+,24+/m1/s1. The van der Waals surface area contributed by atoms with E-state index in [-0.39, 0.29) is 23.8 Å². The smallest absolute Gasteiger partial charge is 0.340 e. The van der Waals surface area contributed by atoms with Crippen molar-refractivity contribution in [2.75, 3.05) is 0 Å². The van der Waals surface area contributed by atoms with Gasteiger partial charge in [0, 0.05) is 5.92 Å². The summed E-state index contributed by atoms with van der Waals surface area (Å²) < 4.78 is 12.3. The lowest BCUT2D eigenvalue weighted by Crippen LogP contribution is -2.63. The van der Waals surface area contributed by atoms with E-state index in [1.807, 2.05) is 6.08 Å². The van der Waals surface area contributed by atoms with Crippen LogP contribution in [0.2, 0.25) is 0 Å². The van der Waals surface area contributed by atoms with Crippen LogP contribution in [0, 0.1) is 17.3 Å². The van der Waals surface area contributed by atoms with E-state index < -0.39 is 11.0 Å². The highest BCUT2D eigenvalue weighted by molar-refractivity contribution is 6.00. The molecule has 2 fully saturated rings. The lowest BCUT2D eigenvalue weighted by Gasteiger charge is -2.59. The number of cyclic esters (lactones) is 1. The molecule has 1 saturated carbocycles. The molecule has 0 unspecified atom stereocenters. The quantitative estimate of drug-likeness (QED) is 0.650. The summed E-state index contributed by atoms with van der Waals surface area (Å²) >= 11 is 0. The van der Waals surface area contributed by atoms with Gasteiger partial charge in [-0.15, -0.1) is 0 Å². The highest BCUT2D eigenvalue weighted by Gasteiger charge is 2.75. The van der Waals surface area contributed by atoms with Crippen LogP contribution in [0.3, 0.4) is 0 Å². The van der Waals surface area contributed by atoms with Crippen LogP contribution in [-0.2, 0) is 19.1 Å². The third-order valence-corrected chi connectivity index (χ3v) is 7.52. The molecule has 148 valence electrons. The van der Waals surface area contributed by atoms with Crippen molar-refractivity contribution in [1.82, 2.24) is 0 Å². The van der Waals surface area contributed by atoms with Gasteiger partial charge in [-0.05, 0) is 56.1 Å². The SMILES string of the molecule is CCC/C=C1/OC(=O)C2=C[C@H]3CC[C@]21[C@]1(OC(=O)C2=C1CCC=C2)[C@@H]3CCC. The molecule has 2 bridgehead atoms. The summed E-state index contributed by atoms with van der Waals surface area (Å²) in [4.78, 5) is 25.9. The fourth-order valence-electron chi connectivity index (χ4n) is 6.57. The van der Waals surface area contributed by atoms with Gasteiger partial charge in [-0.1, -0.05) is 44.9 Å². The molecule has 0 amide bonds. The number of hydrogen-bond donors (Lipinski definition) is 0. The number of ether oxygens (including phenoxy) is 2. The first kappa shape index (κ1) is 18.0. The molecule has 0 aromatic carbocycles. The van der Waals surface area contributed by atoms with Crippen LogP contribution < -0.4 is 0 Å². The normalized spacial score (nSPS) is 39.4. The Bertz CT molecular complexity index is 873. The summed E-state index contributed by atoms with van der Waals surface area (Å²) in [5.41, 5.74) is 1.21. The lowest BCUT2D eigenvalue weighted by molar-refractivity contribution is -0.176. The molecule has 0 N–H and O–H groups in total. The van der Waals surface area contributed by atoms with E-state index in [0.29, 0.717) is 0 Å². The first-order valence-corrected chi connectivity index (χ1v) is 10.9. The van der Waals surface area contributed by atoms with Crippen LogP contribution in [0.4, 0.5) is 0 Å². The zero-order chi connectivity index (χ0) is 19.5.